The topological polar surface area (TPSA) is 73.6 Å². The van der Waals surface area contributed by atoms with E-state index in [0.717, 1.165) is 37.8 Å². The summed E-state index contributed by atoms with van der Waals surface area (Å²) < 4.78 is 0. The van der Waals surface area contributed by atoms with Crippen LogP contribution in [0, 0.1) is 39.9 Å². The van der Waals surface area contributed by atoms with E-state index in [-0.39, 0.29) is 35.4 Å². The molecule has 0 saturated heterocycles. The number of aliphatic hydroxyl groups excluding tert-OH is 2. The van der Waals surface area contributed by atoms with Crippen molar-refractivity contribution >= 4 is 0 Å². The molecule has 3 N–H and O–H groups in total. The molecule has 4 nitrogen and oxygen atoms in total. The van der Waals surface area contributed by atoms with Gasteiger partial charge >= 0.3 is 0 Å². The highest BCUT2D eigenvalue weighted by molar-refractivity contribution is 5.26. The van der Waals surface area contributed by atoms with E-state index in [4.69, 9.17) is 0 Å². The largest absolute Gasteiger partial charge is 0.396 e. The Bertz CT molecular complexity index is 756. The molecule has 0 aliphatic heterocycles. The lowest BCUT2D eigenvalue weighted by Crippen LogP contribution is -2.59. The number of nitrogens with zero attached hydrogens (tertiary/aromatic N) is 1. The Morgan fingerprint density at radius 2 is 1.77 bits per heavy atom. The van der Waals surface area contributed by atoms with E-state index in [9.17, 15) is 15.3 Å². The van der Waals surface area contributed by atoms with Gasteiger partial charge in [-0.1, -0.05) is 40.2 Å². The maximum Gasteiger partial charge on any atom is 0.112 e. The maximum absolute atomic E-state index is 12.0. The van der Waals surface area contributed by atoms with Crippen LogP contribution in [0.2, 0.25) is 0 Å². The van der Waals surface area contributed by atoms with E-state index in [0.29, 0.717) is 24.2 Å². The molecule has 0 aromatic carbocycles. The summed E-state index contributed by atoms with van der Waals surface area (Å²) in [5.41, 5.74) is -0.629. The Balaban J connectivity index is 1.72. The second kappa shape index (κ2) is 7.56. The molecule has 168 valence electrons. The van der Waals surface area contributed by atoms with Gasteiger partial charge in [-0.3, -0.25) is 4.98 Å². The van der Waals surface area contributed by atoms with Gasteiger partial charge in [-0.25, -0.2) is 0 Å². The molecule has 4 heteroatoms. The predicted octanol–water partition coefficient (Wildman–Crippen LogP) is 4.53. The Hall–Kier alpha value is -0.970. The lowest BCUT2D eigenvalue weighted by molar-refractivity contribution is -0.189. The standard InChI is InChI=1S/C26H41NO3/c1-18-8-10-23(2,19(15-18)16-28)20-9-11-25(4)24(3,21(20)17-29)12-13-26(25,30)22-7-5-6-14-27-22/h5-7,14,18-21,28-30H,8-13,15-17H2,1-4H3/t18-,19+,20-,21+,23-,24?,25-,26+/m0/s1. The molecule has 1 aromatic rings. The molecule has 3 saturated carbocycles. The Morgan fingerprint density at radius 1 is 1.00 bits per heavy atom. The first-order valence-electron chi connectivity index (χ1n) is 12.0. The molecule has 8 atom stereocenters. The summed E-state index contributed by atoms with van der Waals surface area (Å²) in [7, 11) is 0. The average Bonchev–Trinajstić information content (AvgIpc) is 2.97. The Morgan fingerprint density at radius 3 is 2.40 bits per heavy atom. The van der Waals surface area contributed by atoms with Crippen LogP contribution < -0.4 is 0 Å². The third kappa shape index (κ3) is 2.86. The van der Waals surface area contributed by atoms with Gasteiger partial charge < -0.3 is 15.3 Å². The fourth-order valence-electron chi connectivity index (χ4n) is 8.18. The van der Waals surface area contributed by atoms with Gasteiger partial charge in [-0.05, 0) is 85.2 Å². The highest BCUT2D eigenvalue weighted by Gasteiger charge is 2.69. The van der Waals surface area contributed by atoms with Crippen molar-refractivity contribution in [1.82, 2.24) is 4.98 Å². The zero-order valence-corrected chi connectivity index (χ0v) is 19.3. The minimum Gasteiger partial charge on any atom is -0.396 e. The van der Waals surface area contributed by atoms with Crippen molar-refractivity contribution in [3.05, 3.63) is 30.1 Å². The van der Waals surface area contributed by atoms with Crippen LogP contribution in [-0.2, 0) is 5.60 Å². The second-order valence-electron chi connectivity index (χ2n) is 11.5. The molecule has 3 aliphatic rings. The number of hydrogen-bond acceptors (Lipinski definition) is 4. The quantitative estimate of drug-likeness (QED) is 0.675. The normalized spacial score (nSPS) is 49.0. The molecule has 1 aromatic heterocycles. The lowest BCUT2D eigenvalue weighted by Gasteiger charge is -2.62. The van der Waals surface area contributed by atoms with Crippen molar-refractivity contribution in [2.24, 2.45) is 39.9 Å². The molecule has 1 heterocycles. The van der Waals surface area contributed by atoms with E-state index in [1.54, 1.807) is 6.20 Å². The average molecular weight is 416 g/mol. The SMILES string of the molecule is C[C@H]1CC[C@](C)([C@H]2CC[C@@]3(C)C(C)(CC[C@@]3(O)c3ccccn3)[C@@H]2CO)[C@@H](CO)C1. The van der Waals surface area contributed by atoms with Crippen molar-refractivity contribution in [2.75, 3.05) is 13.2 Å². The van der Waals surface area contributed by atoms with Crippen LogP contribution in [0.4, 0.5) is 0 Å². The lowest BCUT2D eigenvalue weighted by atomic mass is 9.43. The van der Waals surface area contributed by atoms with Crippen molar-refractivity contribution in [2.45, 2.75) is 78.2 Å². The van der Waals surface area contributed by atoms with E-state index in [1.165, 1.54) is 6.42 Å². The third-order valence-corrected chi connectivity index (χ3v) is 10.6. The summed E-state index contributed by atoms with van der Waals surface area (Å²) in [6.07, 6.45) is 8.69. The molecular weight excluding hydrogens is 374 g/mol. The number of aromatic nitrogens is 1. The first-order chi connectivity index (χ1) is 14.2. The highest BCUT2D eigenvalue weighted by atomic mass is 16.3. The van der Waals surface area contributed by atoms with Gasteiger partial charge in [0.05, 0.1) is 5.69 Å². The summed E-state index contributed by atoms with van der Waals surface area (Å²) in [6, 6.07) is 5.82. The molecule has 30 heavy (non-hydrogen) atoms. The van der Waals surface area contributed by atoms with Crippen molar-refractivity contribution in [3.8, 4) is 0 Å². The number of pyridine rings is 1. The molecule has 0 bridgehead atoms. The molecule has 3 fully saturated rings. The summed E-state index contributed by atoms with van der Waals surface area (Å²) in [6.45, 7) is 9.61. The Labute approximate surface area is 182 Å². The van der Waals surface area contributed by atoms with E-state index >= 15 is 0 Å². The number of aliphatic hydroxyl groups is 3. The van der Waals surface area contributed by atoms with Crippen molar-refractivity contribution in [1.29, 1.82) is 0 Å². The van der Waals surface area contributed by atoms with Crippen LogP contribution in [0.5, 0.6) is 0 Å². The predicted molar refractivity (Wildman–Crippen MR) is 119 cm³/mol. The molecule has 4 rings (SSSR count). The van der Waals surface area contributed by atoms with Gasteiger partial charge in [0.15, 0.2) is 0 Å². The minimum absolute atomic E-state index is 0.0463. The molecule has 3 aliphatic carbocycles. The van der Waals surface area contributed by atoms with Gasteiger partial charge in [0.25, 0.3) is 0 Å². The molecule has 1 unspecified atom stereocenters. The first kappa shape index (κ1) is 22.2. The second-order valence-corrected chi connectivity index (χ2v) is 11.5. The summed E-state index contributed by atoms with van der Waals surface area (Å²) in [5.74, 6) is 1.45. The minimum atomic E-state index is -0.959. The van der Waals surface area contributed by atoms with Crippen LogP contribution in [0.25, 0.3) is 0 Å². The number of rotatable bonds is 4. The van der Waals surface area contributed by atoms with Crippen LogP contribution in [0.15, 0.2) is 24.4 Å². The fourth-order valence-corrected chi connectivity index (χ4v) is 8.18. The third-order valence-electron chi connectivity index (χ3n) is 10.6. The Kier molecular flexibility index (Phi) is 5.61. The molecule has 0 spiro atoms. The zero-order valence-electron chi connectivity index (χ0n) is 19.3. The van der Waals surface area contributed by atoms with E-state index in [2.05, 4.69) is 32.7 Å². The van der Waals surface area contributed by atoms with Gasteiger partial charge in [0, 0.05) is 24.8 Å². The van der Waals surface area contributed by atoms with Gasteiger partial charge in [-0.2, -0.15) is 0 Å². The van der Waals surface area contributed by atoms with Gasteiger partial charge in [0.1, 0.15) is 5.60 Å². The van der Waals surface area contributed by atoms with Crippen LogP contribution in [0.1, 0.15) is 78.3 Å². The smallest absolute Gasteiger partial charge is 0.112 e. The van der Waals surface area contributed by atoms with Crippen LogP contribution in [-0.4, -0.2) is 33.5 Å². The molecule has 0 radical (unpaired) electrons. The number of hydrogen-bond donors (Lipinski definition) is 3. The summed E-state index contributed by atoms with van der Waals surface area (Å²) in [5, 5.41) is 33.0. The van der Waals surface area contributed by atoms with E-state index in [1.807, 2.05) is 18.2 Å². The van der Waals surface area contributed by atoms with Gasteiger partial charge in [-0.15, -0.1) is 0 Å². The van der Waals surface area contributed by atoms with Crippen molar-refractivity contribution < 1.29 is 15.3 Å². The van der Waals surface area contributed by atoms with Crippen LogP contribution >= 0.6 is 0 Å². The molecule has 0 amide bonds. The monoisotopic (exact) mass is 415 g/mol. The zero-order chi connectivity index (χ0) is 21.8. The van der Waals surface area contributed by atoms with Crippen LogP contribution in [0.3, 0.4) is 0 Å². The van der Waals surface area contributed by atoms with E-state index < -0.39 is 5.60 Å². The summed E-state index contributed by atoms with van der Waals surface area (Å²) >= 11 is 0. The fraction of sp³-hybridized carbons (Fsp3) is 0.808. The maximum atomic E-state index is 12.0. The van der Waals surface area contributed by atoms with Crippen molar-refractivity contribution in [3.63, 3.8) is 0 Å². The first-order valence-corrected chi connectivity index (χ1v) is 12.0. The number of fused-ring (bicyclic) bond motifs is 1. The van der Waals surface area contributed by atoms with Gasteiger partial charge in [0.2, 0.25) is 0 Å². The molecular formula is C26H41NO3. The summed E-state index contributed by atoms with van der Waals surface area (Å²) in [4.78, 5) is 4.56. The highest BCUT2D eigenvalue weighted by Crippen LogP contribution is 2.72.